The molecule has 0 aliphatic rings. The summed E-state index contributed by atoms with van der Waals surface area (Å²) < 4.78 is 6.70. The monoisotopic (exact) mass is 244 g/mol. The Hall–Kier alpha value is -2.10. The van der Waals surface area contributed by atoms with Crippen LogP contribution in [0.5, 0.6) is 0 Å². The summed E-state index contributed by atoms with van der Waals surface area (Å²) in [6.07, 6.45) is 3.51. The summed E-state index contributed by atoms with van der Waals surface area (Å²) in [4.78, 5) is 16.4. The zero-order chi connectivity index (χ0) is 13.1. The van der Waals surface area contributed by atoms with E-state index in [0.717, 1.165) is 5.56 Å². The summed E-state index contributed by atoms with van der Waals surface area (Å²) in [5.41, 5.74) is 1.67. The summed E-state index contributed by atoms with van der Waals surface area (Å²) in [5, 5.41) is 0.636. The molecule has 1 heterocycles. The molecule has 2 rings (SSSR count). The van der Waals surface area contributed by atoms with Crippen molar-refractivity contribution in [3.05, 3.63) is 46.2 Å². The molecule has 0 spiro atoms. The Labute approximate surface area is 106 Å². The Bertz CT molecular complexity index is 657. The molecule has 4 heteroatoms. The number of nitrogens with zero attached hydrogens (tertiary/aromatic N) is 2. The van der Waals surface area contributed by atoms with Gasteiger partial charge in [0.25, 0.3) is 5.56 Å². The molecule has 0 atom stereocenters. The minimum atomic E-state index is -0.0159. The molecule has 0 N–H and O–H groups in total. The molecule has 0 amide bonds. The summed E-state index contributed by atoms with van der Waals surface area (Å²) >= 11 is 0. The fourth-order valence-corrected chi connectivity index (χ4v) is 1.73. The third kappa shape index (κ3) is 2.27. The van der Waals surface area contributed by atoms with E-state index in [-0.39, 0.29) is 5.56 Å². The van der Waals surface area contributed by atoms with Crippen molar-refractivity contribution in [2.75, 3.05) is 6.61 Å². The Morgan fingerprint density at radius 3 is 2.94 bits per heavy atom. The number of rotatable bonds is 3. The molecule has 0 fully saturated rings. The van der Waals surface area contributed by atoms with E-state index in [1.54, 1.807) is 23.9 Å². The Balaban J connectivity index is 2.52. The highest BCUT2D eigenvalue weighted by Gasteiger charge is 2.04. The molecule has 0 bridgehead atoms. The number of fused-ring (bicyclic) bond motifs is 1. The van der Waals surface area contributed by atoms with E-state index in [9.17, 15) is 4.79 Å². The van der Waals surface area contributed by atoms with Crippen LogP contribution in [0.4, 0.5) is 0 Å². The highest BCUT2D eigenvalue weighted by molar-refractivity contribution is 5.80. The third-order valence-corrected chi connectivity index (χ3v) is 2.85. The lowest BCUT2D eigenvalue weighted by molar-refractivity contribution is 0.272. The number of ether oxygens (including phenoxy) is 1. The standard InChI is InChI=1S/C14H16N2O2/c1-4-18-8-7-11-5-6-12-13(9-11)15-10(2)16(3)14(12)17/h5-9H,4H2,1-3H3/b8-7+. The van der Waals surface area contributed by atoms with Crippen LogP contribution in [0.1, 0.15) is 18.3 Å². The van der Waals surface area contributed by atoms with Gasteiger partial charge in [0.2, 0.25) is 0 Å². The molecule has 1 aromatic carbocycles. The van der Waals surface area contributed by atoms with E-state index in [4.69, 9.17) is 4.74 Å². The second-order valence-electron chi connectivity index (χ2n) is 4.06. The molecule has 1 aromatic heterocycles. The van der Waals surface area contributed by atoms with Gasteiger partial charge in [-0.1, -0.05) is 6.07 Å². The molecule has 0 saturated heterocycles. The number of hydrogen-bond acceptors (Lipinski definition) is 3. The van der Waals surface area contributed by atoms with Crippen LogP contribution >= 0.6 is 0 Å². The maximum atomic E-state index is 12.0. The fraction of sp³-hybridized carbons (Fsp3) is 0.286. The van der Waals surface area contributed by atoms with Crippen molar-refractivity contribution in [1.29, 1.82) is 0 Å². The molecular weight excluding hydrogens is 228 g/mol. The second kappa shape index (κ2) is 5.04. The smallest absolute Gasteiger partial charge is 0.261 e. The molecule has 18 heavy (non-hydrogen) atoms. The van der Waals surface area contributed by atoms with Gasteiger partial charge in [0.15, 0.2) is 0 Å². The SMILES string of the molecule is CCO/C=C/c1ccc2c(=O)n(C)c(C)nc2c1. The molecule has 0 unspecified atom stereocenters. The number of aryl methyl sites for hydroxylation is 1. The van der Waals surface area contributed by atoms with Crippen molar-refractivity contribution >= 4 is 17.0 Å². The number of benzene rings is 1. The first kappa shape index (κ1) is 12.4. The van der Waals surface area contributed by atoms with E-state index in [1.807, 2.05) is 32.1 Å². The maximum absolute atomic E-state index is 12.0. The van der Waals surface area contributed by atoms with Gasteiger partial charge in [0, 0.05) is 7.05 Å². The Morgan fingerprint density at radius 2 is 2.22 bits per heavy atom. The van der Waals surface area contributed by atoms with Crippen LogP contribution in [0.2, 0.25) is 0 Å². The second-order valence-corrected chi connectivity index (χ2v) is 4.06. The first-order chi connectivity index (χ1) is 8.63. The topological polar surface area (TPSA) is 44.1 Å². The molecule has 0 radical (unpaired) electrons. The van der Waals surface area contributed by atoms with Crippen LogP contribution in [-0.2, 0) is 11.8 Å². The Morgan fingerprint density at radius 1 is 1.44 bits per heavy atom. The summed E-state index contributed by atoms with van der Waals surface area (Å²) in [6.45, 7) is 4.39. The van der Waals surface area contributed by atoms with Crippen molar-refractivity contribution in [3.8, 4) is 0 Å². The van der Waals surface area contributed by atoms with Gasteiger partial charge in [-0.25, -0.2) is 4.98 Å². The lowest BCUT2D eigenvalue weighted by Gasteiger charge is -2.05. The van der Waals surface area contributed by atoms with Crippen LogP contribution in [0, 0.1) is 6.92 Å². The zero-order valence-electron chi connectivity index (χ0n) is 10.8. The quantitative estimate of drug-likeness (QED) is 0.778. The van der Waals surface area contributed by atoms with Crippen molar-refractivity contribution in [2.45, 2.75) is 13.8 Å². The van der Waals surface area contributed by atoms with Crippen LogP contribution in [0.15, 0.2) is 29.3 Å². The van der Waals surface area contributed by atoms with Gasteiger partial charge >= 0.3 is 0 Å². The normalized spacial score (nSPS) is 11.3. The molecule has 0 saturated carbocycles. The number of aromatic nitrogens is 2. The van der Waals surface area contributed by atoms with Gasteiger partial charge in [-0.2, -0.15) is 0 Å². The van der Waals surface area contributed by atoms with Gasteiger partial charge in [0.05, 0.1) is 23.8 Å². The first-order valence-corrected chi connectivity index (χ1v) is 5.89. The lowest BCUT2D eigenvalue weighted by Crippen LogP contribution is -2.20. The van der Waals surface area contributed by atoms with Gasteiger partial charge < -0.3 is 4.74 Å². The molecule has 0 aliphatic heterocycles. The molecule has 4 nitrogen and oxygen atoms in total. The Kier molecular flexibility index (Phi) is 3.46. The van der Waals surface area contributed by atoms with E-state index in [0.29, 0.717) is 23.3 Å². The predicted molar refractivity (Wildman–Crippen MR) is 72.4 cm³/mol. The van der Waals surface area contributed by atoms with Gasteiger partial charge in [-0.05, 0) is 37.6 Å². The maximum Gasteiger partial charge on any atom is 0.261 e. The largest absolute Gasteiger partial charge is 0.501 e. The highest BCUT2D eigenvalue weighted by Crippen LogP contribution is 2.12. The summed E-state index contributed by atoms with van der Waals surface area (Å²) in [5.74, 6) is 0.707. The van der Waals surface area contributed by atoms with Crippen molar-refractivity contribution in [1.82, 2.24) is 9.55 Å². The molecule has 0 aliphatic carbocycles. The molecule has 94 valence electrons. The summed E-state index contributed by atoms with van der Waals surface area (Å²) in [7, 11) is 1.73. The van der Waals surface area contributed by atoms with E-state index in [1.165, 1.54) is 0 Å². The van der Waals surface area contributed by atoms with E-state index >= 15 is 0 Å². The predicted octanol–water partition coefficient (Wildman–Crippen LogP) is 2.25. The fourth-order valence-electron chi connectivity index (χ4n) is 1.73. The van der Waals surface area contributed by atoms with Crippen LogP contribution in [0.3, 0.4) is 0 Å². The number of hydrogen-bond donors (Lipinski definition) is 0. The van der Waals surface area contributed by atoms with E-state index in [2.05, 4.69) is 4.98 Å². The average molecular weight is 244 g/mol. The molecular formula is C14H16N2O2. The first-order valence-electron chi connectivity index (χ1n) is 5.89. The van der Waals surface area contributed by atoms with Crippen molar-refractivity contribution in [2.24, 2.45) is 7.05 Å². The highest BCUT2D eigenvalue weighted by atomic mass is 16.5. The van der Waals surface area contributed by atoms with Gasteiger partial charge in [-0.3, -0.25) is 9.36 Å². The lowest BCUT2D eigenvalue weighted by atomic mass is 10.1. The minimum absolute atomic E-state index is 0.0159. The zero-order valence-corrected chi connectivity index (χ0v) is 10.8. The molecule has 2 aromatic rings. The van der Waals surface area contributed by atoms with Crippen LogP contribution in [-0.4, -0.2) is 16.2 Å². The van der Waals surface area contributed by atoms with Crippen LogP contribution in [0.25, 0.3) is 17.0 Å². The van der Waals surface area contributed by atoms with Crippen molar-refractivity contribution < 1.29 is 4.74 Å². The van der Waals surface area contributed by atoms with E-state index < -0.39 is 0 Å². The average Bonchev–Trinajstić information content (AvgIpc) is 2.36. The van der Waals surface area contributed by atoms with Crippen LogP contribution < -0.4 is 5.56 Å². The summed E-state index contributed by atoms with van der Waals surface area (Å²) in [6, 6.07) is 5.57. The van der Waals surface area contributed by atoms with Gasteiger partial charge in [-0.15, -0.1) is 0 Å². The van der Waals surface area contributed by atoms with Crippen molar-refractivity contribution in [3.63, 3.8) is 0 Å². The third-order valence-electron chi connectivity index (χ3n) is 2.85. The van der Waals surface area contributed by atoms with Gasteiger partial charge in [0.1, 0.15) is 5.82 Å². The minimum Gasteiger partial charge on any atom is -0.501 e.